The molecule has 6 heteroatoms. The van der Waals surface area contributed by atoms with E-state index in [1.54, 1.807) is 7.11 Å². The van der Waals surface area contributed by atoms with Gasteiger partial charge in [0.1, 0.15) is 9.84 Å². The Hall–Kier alpha value is -0.170. The molecule has 1 fully saturated rings. The van der Waals surface area contributed by atoms with Crippen molar-refractivity contribution in [2.24, 2.45) is 17.7 Å². The number of nitrogens with one attached hydrogen (secondary N) is 1. The number of sulfone groups is 1. The molecule has 0 heterocycles. The van der Waals surface area contributed by atoms with Gasteiger partial charge in [0, 0.05) is 26.0 Å². The number of hydrazine groups is 1. The predicted molar refractivity (Wildman–Crippen MR) is 77.4 cm³/mol. The summed E-state index contributed by atoms with van der Waals surface area (Å²) < 4.78 is 28.5. The lowest BCUT2D eigenvalue weighted by molar-refractivity contribution is 0.137. The van der Waals surface area contributed by atoms with Gasteiger partial charge in [-0.05, 0) is 37.5 Å². The van der Waals surface area contributed by atoms with E-state index in [0.29, 0.717) is 18.4 Å². The van der Waals surface area contributed by atoms with Crippen molar-refractivity contribution in [3.8, 4) is 0 Å². The van der Waals surface area contributed by atoms with Crippen LogP contribution in [0.3, 0.4) is 0 Å². The van der Waals surface area contributed by atoms with Crippen molar-refractivity contribution in [3.63, 3.8) is 0 Å². The average molecular weight is 292 g/mol. The predicted octanol–water partition coefficient (Wildman–Crippen LogP) is 1.09. The van der Waals surface area contributed by atoms with Gasteiger partial charge in [0.25, 0.3) is 0 Å². The van der Waals surface area contributed by atoms with E-state index in [0.717, 1.165) is 32.1 Å². The third-order valence-electron chi connectivity index (χ3n) is 4.16. The zero-order valence-corrected chi connectivity index (χ0v) is 13.1. The highest BCUT2D eigenvalue weighted by Gasteiger charge is 2.33. The molecule has 0 bridgehead atoms. The molecule has 1 saturated carbocycles. The van der Waals surface area contributed by atoms with Gasteiger partial charge in [-0.3, -0.25) is 11.3 Å². The fourth-order valence-corrected chi connectivity index (χ4v) is 4.31. The number of nitrogens with two attached hydrogens (primary N) is 1. The van der Waals surface area contributed by atoms with Crippen LogP contribution in [0.1, 0.15) is 39.0 Å². The van der Waals surface area contributed by atoms with E-state index in [1.807, 2.05) is 0 Å². The molecule has 4 atom stereocenters. The Morgan fingerprint density at radius 2 is 2.11 bits per heavy atom. The number of hydrogen-bond donors (Lipinski definition) is 2. The molecular formula is C13H28N2O3S. The van der Waals surface area contributed by atoms with Crippen molar-refractivity contribution in [2.75, 3.05) is 20.0 Å². The minimum Gasteiger partial charge on any atom is -0.384 e. The first kappa shape index (κ1) is 16.9. The maximum Gasteiger partial charge on any atom is 0.150 e. The van der Waals surface area contributed by atoms with E-state index in [9.17, 15) is 8.42 Å². The summed E-state index contributed by atoms with van der Waals surface area (Å²) in [6, 6.07) is 0.176. The van der Waals surface area contributed by atoms with Crippen LogP contribution in [-0.4, -0.2) is 39.7 Å². The van der Waals surface area contributed by atoms with E-state index in [4.69, 9.17) is 10.6 Å². The molecule has 1 aliphatic carbocycles. The molecule has 0 amide bonds. The molecule has 1 aliphatic rings. The summed E-state index contributed by atoms with van der Waals surface area (Å²) in [5.41, 5.74) is 2.88. The van der Waals surface area contributed by atoms with Crippen LogP contribution in [0.4, 0.5) is 0 Å². The molecule has 0 aromatic heterocycles. The second-order valence-electron chi connectivity index (χ2n) is 5.95. The van der Waals surface area contributed by atoms with Crippen molar-refractivity contribution in [1.82, 2.24) is 5.43 Å². The molecule has 5 nitrogen and oxygen atoms in total. The first-order valence-corrected chi connectivity index (χ1v) is 8.97. The van der Waals surface area contributed by atoms with Crippen LogP contribution in [0.15, 0.2) is 0 Å². The topological polar surface area (TPSA) is 81.4 Å². The monoisotopic (exact) mass is 292 g/mol. The summed E-state index contributed by atoms with van der Waals surface area (Å²) in [7, 11) is -1.24. The van der Waals surface area contributed by atoms with Gasteiger partial charge in [-0.2, -0.15) is 0 Å². The Labute approximate surface area is 117 Å². The highest BCUT2D eigenvalue weighted by atomic mass is 32.2. The SMILES string of the molecule is COCC(C)CC(NN)C1CCCC(S(C)(=O)=O)C1. The van der Waals surface area contributed by atoms with E-state index in [-0.39, 0.29) is 11.3 Å². The third kappa shape index (κ3) is 5.38. The molecule has 114 valence electrons. The van der Waals surface area contributed by atoms with Gasteiger partial charge in [0.05, 0.1) is 5.25 Å². The van der Waals surface area contributed by atoms with Gasteiger partial charge in [-0.15, -0.1) is 0 Å². The molecule has 1 rings (SSSR count). The van der Waals surface area contributed by atoms with Gasteiger partial charge >= 0.3 is 0 Å². The zero-order valence-electron chi connectivity index (χ0n) is 12.3. The van der Waals surface area contributed by atoms with E-state index in [1.165, 1.54) is 6.26 Å². The van der Waals surface area contributed by atoms with Crippen molar-refractivity contribution < 1.29 is 13.2 Å². The van der Waals surface area contributed by atoms with Crippen LogP contribution in [0.25, 0.3) is 0 Å². The molecule has 0 aromatic rings. The number of rotatable bonds is 7. The maximum absolute atomic E-state index is 11.7. The summed E-state index contributed by atoms with van der Waals surface area (Å²) >= 11 is 0. The normalized spacial score (nSPS) is 28.0. The second-order valence-corrected chi connectivity index (χ2v) is 8.27. The second kappa shape index (κ2) is 7.57. The zero-order chi connectivity index (χ0) is 14.5. The smallest absolute Gasteiger partial charge is 0.150 e. The van der Waals surface area contributed by atoms with Gasteiger partial charge in [0.15, 0.2) is 0 Å². The van der Waals surface area contributed by atoms with E-state index in [2.05, 4.69) is 12.3 Å². The standard InChI is InChI=1S/C13H28N2O3S/c1-10(9-18-2)7-13(15-14)11-5-4-6-12(8-11)19(3,16)17/h10-13,15H,4-9,14H2,1-3H3. The first-order valence-electron chi connectivity index (χ1n) is 7.02. The van der Waals surface area contributed by atoms with Gasteiger partial charge in [0.2, 0.25) is 0 Å². The van der Waals surface area contributed by atoms with Crippen LogP contribution in [0.5, 0.6) is 0 Å². The van der Waals surface area contributed by atoms with Crippen molar-refractivity contribution in [1.29, 1.82) is 0 Å². The Morgan fingerprint density at radius 1 is 1.42 bits per heavy atom. The lowest BCUT2D eigenvalue weighted by Gasteiger charge is -2.34. The summed E-state index contributed by atoms with van der Waals surface area (Å²) in [5.74, 6) is 6.43. The van der Waals surface area contributed by atoms with Gasteiger partial charge < -0.3 is 4.74 Å². The molecule has 0 aromatic carbocycles. The van der Waals surface area contributed by atoms with Crippen LogP contribution < -0.4 is 11.3 Å². The van der Waals surface area contributed by atoms with Gasteiger partial charge in [-0.25, -0.2) is 8.42 Å². The van der Waals surface area contributed by atoms with Crippen LogP contribution in [0.2, 0.25) is 0 Å². The van der Waals surface area contributed by atoms with Crippen molar-refractivity contribution >= 4 is 9.84 Å². The molecule has 19 heavy (non-hydrogen) atoms. The largest absolute Gasteiger partial charge is 0.384 e. The summed E-state index contributed by atoms with van der Waals surface area (Å²) in [6.45, 7) is 2.84. The van der Waals surface area contributed by atoms with Crippen molar-refractivity contribution in [3.05, 3.63) is 0 Å². The van der Waals surface area contributed by atoms with E-state index >= 15 is 0 Å². The van der Waals surface area contributed by atoms with Crippen LogP contribution >= 0.6 is 0 Å². The molecule has 0 radical (unpaired) electrons. The molecule has 0 saturated heterocycles. The van der Waals surface area contributed by atoms with Crippen molar-refractivity contribution in [2.45, 2.75) is 50.3 Å². The Kier molecular flexibility index (Phi) is 6.73. The summed E-state index contributed by atoms with van der Waals surface area (Å²) in [6.07, 6.45) is 5.82. The number of ether oxygens (including phenoxy) is 1. The molecule has 0 aliphatic heterocycles. The lowest BCUT2D eigenvalue weighted by Crippen LogP contribution is -2.45. The summed E-state index contributed by atoms with van der Waals surface area (Å²) in [4.78, 5) is 0. The Morgan fingerprint density at radius 3 is 2.63 bits per heavy atom. The van der Waals surface area contributed by atoms with Crippen LogP contribution in [0, 0.1) is 11.8 Å². The first-order chi connectivity index (χ1) is 8.88. The molecular weight excluding hydrogens is 264 g/mol. The van der Waals surface area contributed by atoms with E-state index < -0.39 is 9.84 Å². The Balaban J connectivity index is 2.60. The lowest BCUT2D eigenvalue weighted by atomic mass is 9.81. The molecule has 3 N–H and O–H groups in total. The van der Waals surface area contributed by atoms with Crippen LogP contribution in [-0.2, 0) is 14.6 Å². The number of hydrogen-bond acceptors (Lipinski definition) is 5. The highest BCUT2D eigenvalue weighted by molar-refractivity contribution is 7.91. The fraction of sp³-hybridized carbons (Fsp3) is 1.00. The molecule has 0 spiro atoms. The quantitative estimate of drug-likeness (QED) is 0.542. The third-order valence-corrected chi connectivity index (χ3v) is 5.80. The minimum absolute atomic E-state index is 0.176. The molecule has 4 unspecified atom stereocenters. The Bertz CT molecular complexity index is 359. The minimum atomic E-state index is -2.93. The maximum atomic E-state index is 11.7. The average Bonchev–Trinajstić information content (AvgIpc) is 2.35. The number of methoxy groups -OCH3 is 1. The fourth-order valence-electron chi connectivity index (χ4n) is 3.12. The summed E-state index contributed by atoms with van der Waals surface area (Å²) in [5, 5.41) is -0.195. The van der Waals surface area contributed by atoms with Gasteiger partial charge in [-0.1, -0.05) is 13.3 Å². The highest BCUT2D eigenvalue weighted by Crippen LogP contribution is 2.32.